The summed E-state index contributed by atoms with van der Waals surface area (Å²) in [6, 6.07) is 20.1. The summed E-state index contributed by atoms with van der Waals surface area (Å²) in [5.74, 6) is 0.622. The van der Waals surface area contributed by atoms with Crippen LogP contribution in [0.4, 0.5) is 26.7 Å². The molecule has 37 heavy (non-hydrogen) atoms. The molecule has 0 atom stereocenters. The van der Waals surface area contributed by atoms with Gasteiger partial charge in [0.1, 0.15) is 0 Å². The molecule has 3 heterocycles. The van der Waals surface area contributed by atoms with Gasteiger partial charge in [-0.15, -0.1) is 0 Å². The first-order valence-electron chi connectivity index (χ1n) is 13.4. The first-order valence-corrected chi connectivity index (χ1v) is 13.4. The molecule has 2 aliphatic rings. The second kappa shape index (κ2) is 11.9. The number of fused-ring (bicyclic) bond motifs is 2. The third-order valence-electron chi connectivity index (χ3n) is 7.45. The second-order valence-electron chi connectivity index (χ2n) is 9.92. The maximum atomic E-state index is 13.8. The molecule has 0 saturated carbocycles. The molecule has 4 amide bonds. The number of hydrogen-bond donors (Lipinski definition) is 2. The molecule has 0 bridgehead atoms. The first kappa shape index (κ1) is 24.8. The molecular weight excluding hydrogens is 462 g/mol. The van der Waals surface area contributed by atoms with Gasteiger partial charge < -0.3 is 15.5 Å². The summed E-state index contributed by atoms with van der Waals surface area (Å²) in [7, 11) is 0. The number of nitrogens with zero attached hydrogens (tertiary/aromatic N) is 3. The number of amides is 4. The van der Waals surface area contributed by atoms with E-state index in [0.717, 1.165) is 69.4 Å². The number of carbonyl (C=O) groups is 2. The summed E-state index contributed by atoms with van der Waals surface area (Å²) in [5.41, 5.74) is 5.17. The van der Waals surface area contributed by atoms with Crippen molar-refractivity contribution in [1.29, 1.82) is 0 Å². The zero-order valence-electron chi connectivity index (χ0n) is 21.2. The van der Waals surface area contributed by atoms with Crippen LogP contribution in [0.3, 0.4) is 0 Å². The Balaban J connectivity index is 1.09. The topological polar surface area (TPSA) is 77.6 Å². The maximum Gasteiger partial charge on any atom is 0.329 e. The fraction of sp³-hybridized carbons (Fsp3) is 0.367. The van der Waals surface area contributed by atoms with Gasteiger partial charge in [-0.2, -0.15) is 0 Å². The average Bonchev–Trinajstić information content (AvgIpc) is 3.10. The molecule has 3 aromatic rings. The lowest BCUT2D eigenvalue weighted by molar-refractivity contribution is 0.175. The predicted molar refractivity (Wildman–Crippen MR) is 147 cm³/mol. The smallest absolute Gasteiger partial charge is 0.329 e. The van der Waals surface area contributed by atoms with E-state index in [1.54, 1.807) is 18.5 Å². The highest BCUT2D eigenvalue weighted by atomic mass is 16.2. The Morgan fingerprint density at radius 2 is 1.54 bits per heavy atom. The number of benzene rings is 2. The first-order chi connectivity index (χ1) is 18.2. The number of aryl methyl sites for hydroxylation is 2. The number of anilines is 3. The highest BCUT2D eigenvalue weighted by Gasteiger charge is 2.31. The van der Waals surface area contributed by atoms with Crippen molar-refractivity contribution in [2.75, 3.05) is 29.9 Å². The standard InChI is InChI=1S/C30H35N5O2/c36-29(33-26-11-7-18-31-22-26)32-19-6-5-8-23-16-20-34(21-17-23)30(37)35-27-12-3-1-9-24(27)14-15-25-10-2-4-13-28(25)35/h1-4,7,9-13,18,22-23H,5-6,8,14-17,19-21H2,(H2,32,33,36). The van der Waals surface area contributed by atoms with Gasteiger partial charge in [0.05, 0.1) is 23.3 Å². The summed E-state index contributed by atoms with van der Waals surface area (Å²) in [5, 5.41) is 5.70. The lowest BCUT2D eigenvalue weighted by atomic mass is 9.91. The third-order valence-corrected chi connectivity index (χ3v) is 7.45. The van der Waals surface area contributed by atoms with E-state index in [9.17, 15) is 9.59 Å². The Kier molecular flexibility index (Phi) is 7.99. The molecule has 0 aliphatic carbocycles. The fourth-order valence-corrected chi connectivity index (χ4v) is 5.41. The van der Waals surface area contributed by atoms with Crippen LogP contribution in [0.5, 0.6) is 0 Å². The number of rotatable bonds is 6. The lowest BCUT2D eigenvalue weighted by Crippen LogP contribution is -2.45. The molecule has 2 N–H and O–H groups in total. The zero-order valence-corrected chi connectivity index (χ0v) is 21.2. The lowest BCUT2D eigenvalue weighted by Gasteiger charge is -2.36. The average molecular weight is 498 g/mol. The number of carbonyl (C=O) groups excluding carboxylic acids is 2. The minimum atomic E-state index is -0.198. The third kappa shape index (κ3) is 6.10. The van der Waals surface area contributed by atoms with E-state index < -0.39 is 0 Å². The number of piperidine rings is 1. The number of hydrogen-bond acceptors (Lipinski definition) is 3. The molecule has 1 aromatic heterocycles. The molecule has 1 fully saturated rings. The summed E-state index contributed by atoms with van der Waals surface area (Å²) in [4.78, 5) is 33.8. The summed E-state index contributed by atoms with van der Waals surface area (Å²) >= 11 is 0. The highest BCUT2D eigenvalue weighted by Crippen LogP contribution is 2.37. The Hall–Kier alpha value is -3.87. The van der Waals surface area contributed by atoms with Crippen LogP contribution in [0.2, 0.25) is 0 Å². The molecule has 192 valence electrons. The Morgan fingerprint density at radius 3 is 2.19 bits per heavy atom. The summed E-state index contributed by atoms with van der Waals surface area (Å²) < 4.78 is 0. The van der Waals surface area contributed by atoms with Gasteiger partial charge in [0.2, 0.25) is 0 Å². The molecule has 0 unspecified atom stereocenters. The molecule has 1 saturated heterocycles. The molecule has 2 aliphatic heterocycles. The Bertz CT molecular complexity index is 1160. The molecule has 0 spiro atoms. The minimum absolute atomic E-state index is 0.0871. The van der Waals surface area contributed by atoms with Crippen LogP contribution in [-0.4, -0.2) is 41.6 Å². The monoisotopic (exact) mass is 497 g/mol. The van der Waals surface area contributed by atoms with Gasteiger partial charge in [-0.25, -0.2) is 9.59 Å². The summed E-state index contributed by atoms with van der Waals surface area (Å²) in [6.45, 7) is 2.23. The Morgan fingerprint density at radius 1 is 0.865 bits per heavy atom. The SMILES string of the molecule is O=C(NCCCCC1CCN(C(=O)N2c3ccccc3CCc3ccccc32)CC1)Nc1cccnc1. The van der Waals surface area contributed by atoms with Gasteiger partial charge in [-0.1, -0.05) is 49.2 Å². The van der Waals surface area contributed by atoms with E-state index in [1.807, 2.05) is 28.0 Å². The molecule has 7 heteroatoms. The van der Waals surface area contributed by atoms with Crippen LogP contribution >= 0.6 is 0 Å². The zero-order chi connectivity index (χ0) is 25.5. The molecule has 5 rings (SSSR count). The number of likely N-dealkylation sites (tertiary alicyclic amines) is 1. The highest BCUT2D eigenvalue weighted by molar-refractivity contribution is 6.01. The molecular formula is C30H35N5O2. The number of urea groups is 2. The number of para-hydroxylation sites is 2. The largest absolute Gasteiger partial charge is 0.338 e. The number of unbranched alkanes of at least 4 members (excludes halogenated alkanes) is 1. The van der Waals surface area contributed by atoms with Gasteiger partial charge in [0.25, 0.3) is 0 Å². The van der Waals surface area contributed by atoms with E-state index in [-0.39, 0.29) is 12.1 Å². The van der Waals surface area contributed by atoms with Crippen molar-refractivity contribution >= 4 is 29.1 Å². The van der Waals surface area contributed by atoms with Gasteiger partial charge in [0, 0.05) is 25.8 Å². The second-order valence-corrected chi connectivity index (χ2v) is 9.92. The quantitative estimate of drug-likeness (QED) is 0.402. The predicted octanol–water partition coefficient (Wildman–Crippen LogP) is 6.14. The van der Waals surface area contributed by atoms with Crippen molar-refractivity contribution in [3.63, 3.8) is 0 Å². The van der Waals surface area contributed by atoms with Crippen LogP contribution in [0.15, 0.2) is 73.1 Å². The van der Waals surface area contributed by atoms with Gasteiger partial charge in [0.15, 0.2) is 0 Å². The van der Waals surface area contributed by atoms with Crippen molar-refractivity contribution in [3.05, 3.63) is 84.2 Å². The fourth-order valence-electron chi connectivity index (χ4n) is 5.41. The Labute approximate surface area is 218 Å². The molecule has 7 nitrogen and oxygen atoms in total. The van der Waals surface area contributed by atoms with E-state index in [4.69, 9.17) is 0 Å². The minimum Gasteiger partial charge on any atom is -0.338 e. The van der Waals surface area contributed by atoms with Crippen LogP contribution in [-0.2, 0) is 12.8 Å². The summed E-state index contributed by atoms with van der Waals surface area (Å²) in [6.07, 6.45) is 10.4. The van der Waals surface area contributed by atoms with E-state index in [0.29, 0.717) is 18.2 Å². The number of aromatic nitrogens is 1. The van der Waals surface area contributed by atoms with E-state index in [2.05, 4.69) is 52.0 Å². The number of pyridine rings is 1. The van der Waals surface area contributed by atoms with Crippen molar-refractivity contribution in [2.45, 2.75) is 44.9 Å². The number of nitrogens with one attached hydrogen (secondary N) is 2. The van der Waals surface area contributed by atoms with Gasteiger partial charge in [-0.3, -0.25) is 9.88 Å². The molecule has 2 aromatic carbocycles. The van der Waals surface area contributed by atoms with E-state index >= 15 is 0 Å². The van der Waals surface area contributed by atoms with Crippen molar-refractivity contribution in [2.24, 2.45) is 5.92 Å². The van der Waals surface area contributed by atoms with Crippen LogP contribution in [0.25, 0.3) is 0 Å². The van der Waals surface area contributed by atoms with Crippen molar-refractivity contribution in [3.8, 4) is 0 Å². The van der Waals surface area contributed by atoms with Crippen LogP contribution in [0.1, 0.15) is 43.2 Å². The molecule has 0 radical (unpaired) electrons. The van der Waals surface area contributed by atoms with Crippen molar-refractivity contribution in [1.82, 2.24) is 15.2 Å². The van der Waals surface area contributed by atoms with Gasteiger partial charge in [-0.05, 0) is 73.4 Å². The normalized spacial score (nSPS) is 15.4. The van der Waals surface area contributed by atoms with Crippen molar-refractivity contribution < 1.29 is 9.59 Å². The maximum absolute atomic E-state index is 13.8. The van der Waals surface area contributed by atoms with Crippen LogP contribution in [0, 0.1) is 5.92 Å². The van der Waals surface area contributed by atoms with Gasteiger partial charge >= 0.3 is 12.1 Å². The van der Waals surface area contributed by atoms with Crippen LogP contribution < -0.4 is 15.5 Å². The van der Waals surface area contributed by atoms with E-state index in [1.165, 1.54) is 11.1 Å².